The fourth-order valence-electron chi connectivity index (χ4n) is 2.55. The average Bonchev–Trinajstić information content (AvgIpc) is 2.57. The predicted molar refractivity (Wildman–Crippen MR) is 101 cm³/mol. The molecule has 0 unspecified atom stereocenters. The molecule has 0 saturated carbocycles. The molecule has 0 heterocycles. The van der Waals surface area contributed by atoms with Gasteiger partial charge in [0.25, 0.3) is 0 Å². The van der Waals surface area contributed by atoms with Gasteiger partial charge >= 0.3 is 0 Å². The van der Waals surface area contributed by atoms with Crippen molar-refractivity contribution in [2.75, 3.05) is 5.32 Å². The van der Waals surface area contributed by atoms with Gasteiger partial charge in [0, 0.05) is 22.5 Å². The Bertz CT molecular complexity index is 885. The Balaban J connectivity index is 1.86. The molecule has 1 N–H and O–H groups in total. The van der Waals surface area contributed by atoms with Gasteiger partial charge < -0.3 is 5.32 Å². The first-order valence-electron chi connectivity index (χ1n) is 7.78. The van der Waals surface area contributed by atoms with E-state index in [1.54, 1.807) is 12.1 Å². The highest BCUT2D eigenvalue weighted by Gasteiger charge is 2.15. The highest BCUT2D eigenvalue weighted by atomic mass is 35.5. The number of rotatable bonds is 4. The number of anilines is 2. The van der Waals surface area contributed by atoms with Crippen LogP contribution in [0.25, 0.3) is 0 Å². The second kappa shape index (κ2) is 6.90. The molecule has 0 aliphatic rings. The average molecular weight is 336 g/mol. The molecule has 0 saturated heterocycles. The van der Waals surface area contributed by atoms with E-state index in [4.69, 9.17) is 11.6 Å². The number of hydrogen-bond donors (Lipinski definition) is 1. The lowest BCUT2D eigenvalue weighted by molar-refractivity contribution is 0.103. The number of aryl methyl sites for hydroxylation is 2. The predicted octanol–water partition coefficient (Wildman–Crippen LogP) is 5.93. The van der Waals surface area contributed by atoms with Crippen molar-refractivity contribution in [1.29, 1.82) is 0 Å². The third-order valence-electron chi connectivity index (χ3n) is 3.94. The van der Waals surface area contributed by atoms with Gasteiger partial charge in [-0.25, -0.2) is 0 Å². The van der Waals surface area contributed by atoms with E-state index in [2.05, 4.69) is 5.32 Å². The van der Waals surface area contributed by atoms with E-state index in [9.17, 15) is 4.79 Å². The fourth-order valence-corrected chi connectivity index (χ4v) is 2.82. The molecule has 0 bridgehead atoms. The van der Waals surface area contributed by atoms with Crippen LogP contribution in [0.2, 0.25) is 5.02 Å². The maximum Gasteiger partial charge on any atom is 0.194 e. The summed E-state index contributed by atoms with van der Waals surface area (Å²) in [6.45, 7) is 3.97. The van der Waals surface area contributed by atoms with Crippen LogP contribution in [0.4, 0.5) is 11.4 Å². The first-order chi connectivity index (χ1) is 11.5. The Kier molecular flexibility index (Phi) is 4.68. The second-order valence-electron chi connectivity index (χ2n) is 5.83. The highest BCUT2D eigenvalue weighted by Crippen LogP contribution is 2.26. The van der Waals surface area contributed by atoms with Crippen LogP contribution in [-0.4, -0.2) is 5.78 Å². The molecule has 0 aliphatic heterocycles. The van der Waals surface area contributed by atoms with Crippen molar-refractivity contribution in [3.8, 4) is 0 Å². The van der Waals surface area contributed by atoms with Crippen LogP contribution in [0.15, 0.2) is 66.7 Å². The minimum atomic E-state index is -0.0556. The Morgan fingerprint density at radius 2 is 1.50 bits per heavy atom. The molecule has 0 fully saturated rings. The molecule has 120 valence electrons. The number of carbonyl (C=O) groups is 1. The largest absolute Gasteiger partial charge is 0.355 e. The lowest BCUT2D eigenvalue weighted by atomic mass is 9.99. The van der Waals surface area contributed by atoms with Crippen LogP contribution in [0.3, 0.4) is 0 Å². The Morgan fingerprint density at radius 3 is 2.17 bits per heavy atom. The number of nitrogens with one attached hydrogen (secondary N) is 1. The summed E-state index contributed by atoms with van der Waals surface area (Å²) >= 11 is 6.36. The smallest absolute Gasteiger partial charge is 0.194 e. The molecule has 3 rings (SSSR count). The topological polar surface area (TPSA) is 29.1 Å². The van der Waals surface area contributed by atoms with Crippen molar-refractivity contribution >= 4 is 28.8 Å². The molecule has 3 aromatic carbocycles. The van der Waals surface area contributed by atoms with E-state index in [1.807, 2.05) is 68.4 Å². The van der Waals surface area contributed by atoms with Crippen LogP contribution in [0.1, 0.15) is 27.0 Å². The number of carbonyl (C=O) groups excluding carboxylic acids is 1. The van der Waals surface area contributed by atoms with Crippen molar-refractivity contribution in [1.82, 2.24) is 0 Å². The molecule has 0 radical (unpaired) electrons. The molecule has 24 heavy (non-hydrogen) atoms. The molecule has 3 heteroatoms. The summed E-state index contributed by atoms with van der Waals surface area (Å²) in [6.07, 6.45) is 0. The number of hydrogen-bond acceptors (Lipinski definition) is 2. The van der Waals surface area contributed by atoms with Gasteiger partial charge in [0.15, 0.2) is 5.78 Å². The molecule has 0 aromatic heterocycles. The molecule has 3 aromatic rings. The Hall–Kier alpha value is -2.58. The normalized spacial score (nSPS) is 10.5. The summed E-state index contributed by atoms with van der Waals surface area (Å²) in [6, 6.07) is 21.1. The molecule has 0 atom stereocenters. The van der Waals surface area contributed by atoms with Crippen LogP contribution < -0.4 is 5.32 Å². The molecule has 2 nitrogen and oxygen atoms in total. The Morgan fingerprint density at radius 1 is 0.833 bits per heavy atom. The summed E-state index contributed by atoms with van der Waals surface area (Å²) in [5.41, 5.74) is 5.18. The molecule has 0 aliphatic carbocycles. The first-order valence-corrected chi connectivity index (χ1v) is 8.16. The van der Waals surface area contributed by atoms with Gasteiger partial charge in [0.1, 0.15) is 0 Å². The number of halogens is 1. The molecule has 0 amide bonds. The quantitative estimate of drug-likeness (QED) is 0.598. The van der Waals surface area contributed by atoms with E-state index >= 15 is 0 Å². The lowest BCUT2D eigenvalue weighted by Gasteiger charge is -2.10. The van der Waals surface area contributed by atoms with E-state index in [1.165, 1.54) is 5.56 Å². The van der Waals surface area contributed by atoms with Gasteiger partial charge in [-0.05, 0) is 49.7 Å². The monoisotopic (exact) mass is 335 g/mol. The summed E-state index contributed by atoms with van der Waals surface area (Å²) in [5.74, 6) is -0.0556. The highest BCUT2D eigenvalue weighted by molar-refractivity contribution is 6.35. The summed E-state index contributed by atoms with van der Waals surface area (Å²) in [7, 11) is 0. The van der Waals surface area contributed by atoms with Gasteiger partial charge in [-0.2, -0.15) is 0 Å². The van der Waals surface area contributed by atoms with Crippen molar-refractivity contribution in [3.63, 3.8) is 0 Å². The maximum absolute atomic E-state index is 12.7. The summed E-state index contributed by atoms with van der Waals surface area (Å²) in [4.78, 5) is 12.7. The van der Waals surface area contributed by atoms with Crippen molar-refractivity contribution in [2.45, 2.75) is 13.8 Å². The SMILES string of the molecule is Cc1ccc(Nc2ccc(C(=O)c3ccccc3C)c(Cl)c2)cc1. The first kappa shape index (κ1) is 16.3. The number of benzene rings is 3. The summed E-state index contributed by atoms with van der Waals surface area (Å²) < 4.78 is 0. The van der Waals surface area contributed by atoms with E-state index < -0.39 is 0 Å². The third-order valence-corrected chi connectivity index (χ3v) is 4.26. The summed E-state index contributed by atoms with van der Waals surface area (Å²) in [5, 5.41) is 3.74. The van der Waals surface area contributed by atoms with Gasteiger partial charge in [0.2, 0.25) is 0 Å². The standard InChI is InChI=1S/C21H18ClNO/c1-14-7-9-16(10-8-14)23-17-11-12-19(20(22)13-17)21(24)18-6-4-3-5-15(18)2/h3-13,23H,1-2H3. The van der Waals surface area contributed by atoms with Gasteiger partial charge in [-0.3, -0.25) is 4.79 Å². The second-order valence-corrected chi connectivity index (χ2v) is 6.24. The molecule has 0 spiro atoms. The maximum atomic E-state index is 12.7. The van der Waals surface area contributed by atoms with Crippen molar-refractivity contribution < 1.29 is 4.79 Å². The van der Waals surface area contributed by atoms with Crippen LogP contribution in [-0.2, 0) is 0 Å². The zero-order valence-corrected chi connectivity index (χ0v) is 14.4. The van der Waals surface area contributed by atoms with Crippen molar-refractivity contribution in [3.05, 3.63) is 94.0 Å². The van der Waals surface area contributed by atoms with Gasteiger partial charge in [0.05, 0.1) is 5.02 Å². The van der Waals surface area contributed by atoms with Gasteiger partial charge in [-0.15, -0.1) is 0 Å². The lowest BCUT2D eigenvalue weighted by Crippen LogP contribution is -2.04. The Labute approximate surface area is 147 Å². The van der Waals surface area contributed by atoms with Crippen molar-refractivity contribution in [2.24, 2.45) is 0 Å². The van der Waals surface area contributed by atoms with E-state index in [0.717, 1.165) is 16.9 Å². The third kappa shape index (κ3) is 3.50. The molecular formula is C21H18ClNO. The minimum Gasteiger partial charge on any atom is -0.355 e. The number of ketones is 1. The fraction of sp³-hybridized carbons (Fsp3) is 0.0952. The van der Waals surface area contributed by atoms with E-state index in [-0.39, 0.29) is 5.78 Å². The zero-order valence-electron chi connectivity index (χ0n) is 13.6. The van der Waals surface area contributed by atoms with Crippen LogP contribution in [0, 0.1) is 13.8 Å². The van der Waals surface area contributed by atoms with Gasteiger partial charge in [-0.1, -0.05) is 53.6 Å². The minimum absolute atomic E-state index is 0.0556. The molecular weight excluding hydrogens is 318 g/mol. The van der Waals surface area contributed by atoms with Crippen LogP contribution >= 0.6 is 11.6 Å². The van der Waals surface area contributed by atoms with E-state index in [0.29, 0.717) is 16.1 Å². The zero-order chi connectivity index (χ0) is 17.1. The van der Waals surface area contributed by atoms with Crippen LogP contribution in [0.5, 0.6) is 0 Å².